The molecule has 0 aromatic carbocycles. The van der Waals surface area contributed by atoms with Gasteiger partial charge in [0.05, 0.1) is 0 Å². The average Bonchev–Trinajstić information content (AvgIpc) is 2.90. The molecule has 0 aromatic heterocycles. The van der Waals surface area contributed by atoms with E-state index < -0.39 is 0 Å². The Morgan fingerprint density at radius 1 is 1.50 bits per heavy atom. The number of nitrogens with one attached hydrogen (secondary N) is 1. The molecule has 3 unspecified atom stereocenters. The molecule has 1 aliphatic heterocycles. The van der Waals surface area contributed by atoms with Gasteiger partial charge in [0.1, 0.15) is 0 Å². The zero-order valence-corrected chi connectivity index (χ0v) is 12.4. The molecule has 1 saturated heterocycles. The van der Waals surface area contributed by atoms with Crippen molar-refractivity contribution in [3.8, 4) is 0 Å². The predicted molar refractivity (Wildman–Crippen MR) is 78.8 cm³/mol. The molecule has 2 nitrogen and oxygen atoms in total. The van der Waals surface area contributed by atoms with Crippen LogP contribution >= 0.6 is 0 Å². The summed E-state index contributed by atoms with van der Waals surface area (Å²) in [6.07, 6.45) is 9.13. The third kappa shape index (κ3) is 3.58. The second kappa shape index (κ2) is 6.72. The molecule has 1 heterocycles. The molecule has 0 radical (unpaired) electrons. The smallest absolute Gasteiger partial charge is 0.0221 e. The van der Waals surface area contributed by atoms with Crippen molar-refractivity contribution in [2.45, 2.75) is 65.0 Å². The lowest BCUT2D eigenvalue weighted by Gasteiger charge is -2.41. The van der Waals surface area contributed by atoms with E-state index >= 15 is 0 Å². The van der Waals surface area contributed by atoms with Gasteiger partial charge in [0.25, 0.3) is 0 Å². The van der Waals surface area contributed by atoms with Crippen LogP contribution in [0.2, 0.25) is 0 Å². The van der Waals surface area contributed by atoms with Gasteiger partial charge in [-0.15, -0.1) is 0 Å². The van der Waals surface area contributed by atoms with Gasteiger partial charge in [0.2, 0.25) is 0 Å². The fraction of sp³-hybridized carbons (Fsp3) is 0.875. The van der Waals surface area contributed by atoms with Crippen molar-refractivity contribution in [1.29, 1.82) is 0 Å². The number of hydrogen-bond donors (Lipinski definition) is 1. The summed E-state index contributed by atoms with van der Waals surface area (Å²) in [6.45, 7) is 10.7. The normalized spacial score (nSPS) is 31.4. The van der Waals surface area contributed by atoms with E-state index in [9.17, 15) is 0 Å². The number of piperazine rings is 1. The van der Waals surface area contributed by atoms with Crippen molar-refractivity contribution in [3.63, 3.8) is 0 Å². The summed E-state index contributed by atoms with van der Waals surface area (Å²) >= 11 is 0. The maximum Gasteiger partial charge on any atom is 0.0221 e. The van der Waals surface area contributed by atoms with Crippen molar-refractivity contribution >= 4 is 0 Å². The number of nitrogens with zero attached hydrogens (tertiary/aromatic N) is 1. The van der Waals surface area contributed by atoms with Gasteiger partial charge in [-0.2, -0.15) is 0 Å². The minimum absolute atomic E-state index is 0.698. The Bertz CT molecular complexity index is 285. The quantitative estimate of drug-likeness (QED) is 0.754. The Kier molecular flexibility index (Phi) is 5.25. The van der Waals surface area contributed by atoms with E-state index in [1.54, 1.807) is 5.57 Å². The summed E-state index contributed by atoms with van der Waals surface area (Å²) in [5, 5.41) is 3.72. The Balaban J connectivity index is 1.81. The predicted octanol–water partition coefficient (Wildman–Crippen LogP) is 3.20. The zero-order valence-electron chi connectivity index (χ0n) is 12.4. The van der Waals surface area contributed by atoms with Crippen LogP contribution in [0.4, 0.5) is 0 Å². The molecule has 2 heteroatoms. The van der Waals surface area contributed by atoms with E-state index in [0.717, 1.165) is 12.5 Å². The maximum atomic E-state index is 3.72. The summed E-state index contributed by atoms with van der Waals surface area (Å²) in [5.74, 6) is 0.797. The van der Waals surface area contributed by atoms with E-state index in [-0.39, 0.29) is 0 Å². The van der Waals surface area contributed by atoms with Gasteiger partial charge >= 0.3 is 0 Å². The summed E-state index contributed by atoms with van der Waals surface area (Å²) in [7, 11) is 0. The number of rotatable bonds is 5. The lowest BCUT2D eigenvalue weighted by molar-refractivity contribution is 0.120. The first-order valence-electron chi connectivity index (χ1n) is 7.86. The van der Waals surface area contributed by atoms with Gasteiger partial charge in [0, 0.05) is 31.7 Å². The van der Waals surface area contributed by atoms with Gasteiger partial charge in [-0.25, -0.2) is 0 Å². The molecule has 3 atom stereocenters. The van der Waals surface area contributed by atoms with Gasteiger partial charge in [-0.3, -0.25) is 4.90 Å². The van der Waals surface area contributed by atoms with Crippen LogP contribution < -0.4 is 5.32 Å². The molecule has 2 aliphatic rings. The summed E-state index contributed by atoms with van der Waals surface area (Å²) < 4.78 is 0. The highest BCUT2D eigenvalue weighted by molar-refractivity contribution is 5.07. The molecule has 0 bridgehead atoms. The molecule has 1 fully saturated rings. The Hall–Kier alpha value is -0.340. The topological polar surface area (TPSA) is 15.3 Å². The van der Waals surface area contributed by atoms with Crippen molar-refractivity contribution in [2.75, 3.05) is 19.6 Å². The van der Waals surface area contributed by atoms with Crippen LogP contribution in [0.15, 0.2) is 11.6 Å². The molecular formula is C16H30N2. The second-order valence-corrected chi connectivity index (χ2v) is 6.25. The molecule has 2 rings (SSSR count). The van der Waals surface area contributed by atoms with Crippen LogP contribution in [0.5, 0.6) is 0 Å². The van der Waals surface area contributed by atoms with E-state index in [1.807, 2.05) is 0 Å². The summed E-state index contributed by atoms with van der Waals surface area (Å²) in [6, 6.07) is 1.40. The Labute approximate surface area is 113 Å². The number of allylic oxidation sites excluding steroid dienone is 1. The molecule has 1 N–H and O–H groups in total. The fourth-order valence-electron chi connectivity index (χ4n) is 3.18. The molecule has 0 spiro atoms. The molecule has 104 valence electrons. The van der Waals surface area contributed by atoms with Crippen LogP contribution in [0, 0.1) is 5.92 Å². The minimum atomic E-state index is 0.698. The first-order chi connectivity index (χ1) is 8.70. The highest BCUT2D eigenvalue weighted by Gasteiger charge is 2.27. The van der Waals surface area contributed by atoms with E-state index in [4.69, 9.17) is 0 Å². The van der Waals surface area contributed by atoms with Gasteiger partial charge in [-0.1, -0.05) is 31.9 Å². The molecular weight excluding hydrogens is 220 g/mol. The maximum absolute atomic E-state index is 3.72. The van der Waals surface area contributed by atoms with Crippen molar-refractivity contribution in [3.05, 3.63) is 11.6 Å². The molecule has 0 aromatic rings. The highest BCUT2D eigenvalue weighted by atomic mass is 15.2. The highest BCUT2D eigenvalue weighted by Crippen LogP contribution is 2.22. The van der Waals surface area contributed by atoms with Crippen molar-refractivity contribution in [1.82, 2.24) is 10.2 Å². The van der Waals surface area contributed by atoms with Crippen molar-refractivity contribution in [2.24, 2.45) is 5.92 Å². The van der Waals surface area contributed by atoms with Gasteiger partial charge in [0.15, 0.2) is 0 Å². The van der Waals surface area contributed by atoms with Gasteiger partial charge < -0.3 is 5.32 Å². The SMILES string of the molecule is CCC(C)C1CN(CCC2=CCCC2)C(C)CN1. The van der Waals surface area contributed by atoms with Crippen LogP contribution in [0.25, 0.3) is 0 Å². The van der Waals surface area contributed by atoms with Crippen LogP contribution in [-0.2, 0) is 0 Å². The van der Waals surface area contributed by atoms with E-state index in [2.05, 4.69) is 37.1 Å². The summed E-state index contributed by atoms with van der Waals surface area (Å²) in [4.78, 5) is 2.70. The second-order valence-electron chi connectivity index (χ2n) is 6.25. The molecule has 0 saturated carbocycles. The lowest BCUT2D eigenvalue weighted by atomic mass is 9.95. The van der Waals surface area contributed by atoms with E-state index in [0.29, 0.717) is 12.1 Å². The van der Waals surface area contributed by atoms with Crippen molar-refractivity contribution < 1.29 is 0 Å². The molecule has 0 amide bonds. The monoisotopic (exact) mass is 250 g/mol. The zero-order chi connectivity index (χ0) is 13.0. The molecule has 18 heavy (non-hydrogen) atoms. The average molecular weight is 250 g/mol. The van der Waals surface area contributed by atoms with Crippen LogP contribution in [-0.4, -0.2) is 36.6 Å². The Morgan fingerprint density at radius 3 is 3.00 bits per heavy atom. The first kappa shape index (κ1) is 14.1. The summed E-state index contributed by atoms with van der Waals surface area (Å²) in [5.41, 5.74) is 1.71. The third-order valence-corrected chi connectivity index (χ3v) is 4.92. The van der Waals surface area contributed by atoms with Crippen LogP contribution in [0.1, 0.15) is 52.9 Å². The fourth-order valence-corrected chi connectivity index (χ4v) is 3.18. The first-order valence-corrected chi connectivity index (χ1v) is 7.86. The number of hydrogen-bond acceptors (Lipinski definition) is 2. The largest absolute Gasteiger partial charge is 0.311 e. The van der Waals surface area contributed by atoms with E-state index in [1.165, 1.54) is 45.2 Å². The molecule has 1 aliphatic carbocycles. The van der Waals surface area contributed by atoms with Gasteiger partial charge in [-0.05, 0) is 38.5 Å². The van der Waals surface area contributed by atoms with Crippen LogP contribution in [0.3, 0.4) is 0 Å². The Morgan fingerprint density at radius 2 is 2.33 bits per heavy atom. The minimum Gasteiger partial charge on any atom is -0.311 e. The third-order valence-electron chi connectivity index (χ3n) is 4.92. The standard InChI is InChI=1S/C16H30N2/c1-4-13(2)16-12-18(14(3)11-17-16)10-9-15-7-5-6-8-15/h7,13-14,16-17H,4-6,8-12H2,1-3H3. The lowest BCUT2D eigenvalue weighted by Crippen LogP contribution is -2.57.